The molecule has 0 aliphatic carbocycles. The molecule has 2 aromatic heterocycles. The third kappa shape index (κ3) is 4.34. The van der Waals surface area contributed by atoms with E-state index in [1.54, 1.807) is 6.20 Å². The third-order valence-corrected chi connectivity index (χ3v) is 6.07. The first-order valence-corrected chi connectivity index (χ1v) is 10.7. The van der Waals surface area contributed by atoms with E-state index in [9.17, 15) is 4.79 Å². The second-order valence-corrected chi connectivity index (χ2v) is 8.10. The van der Waals surface area contributed by atoms with Gasteiger partial charge in [0.25, 0.3) is 0 Å². The van der Waals surface area contributed by atoms with E-state index in [2.05, 4.69) is 49.7 Å². The number of benzene rings is 2. The Labute approximate surface area is 181 Å². The number of hydrogen-bond acceptors (Lipinski definition) is 4. The standard InChI is InChI=1S/C25H25N5O/c31-25(28-22-6-2-3-19(15-22)24-8-12-27-29-24)18-9-13-30(14-10-18)17-21-5-1-4-20-16-26-11-7-23(20)21/h1-8,11-12,15-16,18H,9-10,13-14,17H2,(H,27,29)(H,28,31). The number of likely N-dealkylation sites (tertiary alicyclic amines) is 1. The summed E-state index contributed by atoms with van der Waals surface area (Å²) in [6.45, 7) is 2.75. The van der Waals surface area contributed by atoms with Crippen molar-refractivity contribution in [2.45, 2.75) is 19.4 Å². The minimum absolute atomic E-state index is 0.0452. The molecule has 0 saturated carbocycles. The molecule has 2 aromatic carbocycles. The number of pyridine rings is 1. The van der Waals surface area contributed by atoms with E-state index in [-0.39, 0.29) is 11.8 Å². The molecule has 1 aliphatic rings. The predicted octanol–water partition coefficient (Wildman–Crippen LogP) is 4.48. The molecule has 6 nitrogen and oxygen atoms in total. The average molecular weight is 412 g/mol. The van der Waals surface area contributed by atoms with E-state index in [1.807, 2.05) is 42.7 Å². The number of H-pyrrole nitrogens is 1. The Bertz CT molecular complexity index is 1170. The minimum Gasteiger partial charge on any atom is -0.326 e. The summed E-state index contributed by atoms with van der Waals surface area (Å²) in [5, 5.41) is 12.5. The van der Waals surface area contributed by atoms with Gasteiger partial charge in [-0.15, -0.1) is 0 Å². The van der Waals surface area contributed by atoms with E-state index in [0.717, 1.165) is 49.4 Å². The van der Waals surface area contributed by atoms with Gasteiger partial charge in [-0.25, -0.2) is 0 Å². The molecular weight excluding hydrogens is 386 g/mol. The molecule has 2 N–H and O–H groups in total. The van der Waals surface area contributed by atoms with Crippen LogP contribution in [0.3, 0.4) is 0 Å². The maximum Gasteiger partial charge on any atom is 0.227 e. The fourth-order valence-corrected chi connectivity index (χ4v) is 4.35. The molecule has 1 amide bonds. The Hall–Kier alpha value is -3.51. The van der Waals surface area contributed by atoms with E-state index in [1.165, 1.54) is 16.3 Å². The molecule has 0 bridgehead atoms. The molecule has 31 heavy (non-hydrogen) atoms. The van der Waals surface area contributed by atoms with Crippen LogP contribution in [0.5, 0.6) is 0 Å². The van der Waals surface area contributed by atoms with Crippen LogP contribution < -0.4 is 5.32 Å². The zero-order valence-electron chi connectivity index (χ0n) is 17.3. The van der Waals surface area contributed by atoms with Gasteiger partial charge in [-0.3, -0.25) is 19.8 Å². The van der Waals surface area contributed by atoms with Crippen molar-refractivity contribution in [3.63, 3.8) is 0 Å². The summed E-state index contributed by atoms with van der Waals surface area (Å²) in [6.07, 6.45) is 7.24. The largest absolute Gasteiger partial charge is 0.326 e. The summed E-state index contributed by atoms with van der Waals surface area (Å²) in [4.78, 5) is 19.5. The zero-order chi connectivity index (χ0) is 21.0. The van der Waals surface area contributed by atoms with Gasteiger partial charge in [0.05, 0.1) is 5.69 Å². The normalized spacial score (nSPS) is 15.2. The second kappa shape index (κ2) is 8.70. The lowest BCUT2D eigenvalue weighted by Gasteiger charge is -2.31. The minimum atomic E-state index is 0.0452. The molecule has 0 radical (unpaired) electrons. The Morgan fingerprint density at radius 2 is 1.94 bits per heavy atom. The lowest BCUT2D eigenvalue weighted by atomic mass is 9.95. The summed E-state index contributed by atoms with van der Waals surface area (Å²) < 4.78 is 0. The first-order chi connectivity index (χ1) is 15.3. The number of fused-ring (bicyclic) bond motifs is 1. The van der Waals surface area contributed by atoms with Crippen LogP contribution >= 0.6 is 0 Å². The highest BCUT2D eigenvalue weighted by atomic mass is 16.1. The van der Waals surface area contributed by atoms with Crippen molar-refractivity contribution in [2.75, 3.05) is 18.4 Å². The topological polar surface area (TPSA) is 73.9 Å². The molecule has 6 heteroatoms. The Kier molecular flexibility index (Phi) is 5.46. The molecule has 4 aromatic rings. The van der Waals surface area contributed by atoms with Gasteiger partial charge in [-0.2, -0.15) is 5.10 Å². The summed E-state index contributed by atoms with van der Waals surface area (Å²) in [6, 6.07) is 18.3. The molecule has 5 rings (SSSR count). The molecule has 0 atom stereocenters. The third-order valence-electron chi connectivity index (χ3n) is 6.07. The van der Waals surface area contributed by atoms with Crippen molar-refractivity contribution in [1.29, 1.82) is 0 Å². The van der Waals surface area contributed by atoms with E-state index in [0.29, 0.717) is 0 Å². The number of anilines is 1. The number of amides is 1. The molecule has 0 spiro atoms. The summed E-state index contributed by atoms with van der Waals surface area (Å²) in [7, 11) is 0. The number of nitrogens with one attached hydrogen (secondary N) is 2. The Morgan fingerprint density at radius 1 is 1.06 bits per heavy atom. The van der Waals surface area contributed by atoms with Gasteiger partial charge < -0.3 is 5.32 Å². The van der Waals surface area contributed by atoms with Gasteiger partial charge in [0.2, 0.25) is 5.91 Å². The van der Waals surface area contributed by atoms with Gasteiger partial charge in [-0.05, 0) is 61.1 Å². The predicted molar refractivity (Wildman–Crippen MR) is 122 cm³/mol. The van der Waals surface area contributed by atoms with E-state index in [4.69, 9.17) is 0 Å². The van der Waals surface area contributed by atoms with Crippen molar-refractivity contribution in [3.8, 4) is 11.3 Å². The maximum absolute atomic E-state index is 12.8. The van der Waals surface area contributed by atoms with Crippen LogP contribution in [-0.2, 0) is 11.3 Å². The molecule has 1 fully saturated rings. The first-order valence-electron chi connectivity index (χ1n) is 10.7. The second-order valence-electron chi connectivity index (χ2n) is 8.10. The summed E-state index contributed by atoms with van der Waals surface area (Å²) >= 11 is 0. The highest BCUT2D eigenvalue weighted by Gasteiger charge is 2.25. The smallest absolute Gasteiger partial charge is 0.227 e. The van der Waals surface area contributed by atoms with Crippen molar-refractivity contribution in [3.05, 3.63) is 78.8 Å². The van der Waals surface area contributed by atoms with Gasteiger partial charge in [0.15, 0.2) is 0 Å². The molecule has 156 valence electrons. The van der Waals surface area contributed by atoms with Crippen LogP contribution in [0.2, 0.25) is 0 Å². The molecule has 1 aliphatic heterocycles. The van der Waals surface area contributed by atoms with Crippen molar-refractivity contribution < 1.29 is 4.79 Å². The average Bonchev–Trinajstić information content (AvgIpc) is 3.35. The quantitative estimate of drug-likeness (QED) is 0.508. The van der Waals surface area contributed by atoms with Crippen molar-refractivity contribution in [2.24, 2.45) is 5.92 Å². The molecule has 0 unspecified atom stereocenters. The molecule has 1 saturated heterocycles. The van der Waals surface area contributed by atoms with Gasteiger partial charge in [0, 0.05) is 47.7 Å². The van der Waals surface area contributed by atoms with E-state index >= 15 is 0 Å². The Balaban J connectivity index is 1.19. The summed E-state index contributed by atoms with van der Waals surface area (Å²) in [5.74, 6) is 0.154. The molecular formula is C25H25N5O. The highest BCUT2D eigenvalue weighted by Crippen LogP contribution is 2.25. The van der Waals surface area contributed by atoms with Crippen LogP contribution in [0.15, 0.2) is 73.2 Å². The fourth-order valence-electron chi connectivity index (χ4n) is 4.35. The van der Waals surface area contributed by atoms with Crippen LogP contribution in [0, 0.1) is 5.92 Å². The van der Waals surface area contributed by atoms with Gasteiger partial charge in [-0.1, -0.05) is 30.3 Å². The van der Waals surface area contributed by atoms with Crippen molar-refractivity contribution >= 4 is 22.4 Å². The number of aromatic nitrogens is 3. The highest BCUT2D eigenvalue weighted by molar-refractivity contribution is 5.93. The number of hydrogen-bond donors (Lipinski definition) is 2. The fraction of sp³-hybridized carbons (Fsp3) is 0.240. The van der Waals surface area contributed by atoms with E-state index < -0.39 is 0 Å². The lowest BCUT2D eigenvalue weighted by Crippen LogP contribution is -2.37. The SMILES string of the molecule is O=C(Nc1cccc(-c2ccn[nH]2)c1)C1CCN(Cc2cccc3cnccc23)CC1. The number of carbonyl (C=O) groups is 1. The number of piperidine rings is 1. The number of carbonyl (C=O) groups excluding carboxylic acids is 1. The lowest BCUT2D eigenvalue weighted by molar-refractivity contribution is -0.121. The maximum atomic E-state index is 12.8. The monoisotopic (exact) mass is 411 g/mol. The number of rotatable bonds is 5. The van der Waals surface area contributed by atoms with Crippen LogP contribution in [-0.4, -0.2) is 39.1 Å². The first kappa shape index (κ1) is 19.5. The van der Waals surface area contributed by atoms with Crippen LogP contribution in [0.1, 0.15) is 18.4 Å². The van der Waals surface area contributed by atoms with Gasteiger partial charge in [0.1, 0.15) is 0 Å². The number of nitrogens with zero attached hydrogens (tertiary/aromatic N) is 3. The van der Waals surface area contributed by atoms with Crippen molar-refractivity contribution in [1.82, 2.24) is 20.1 Å². The van der Waals surface area contributed by atoms with Crippen LogP contribution in [0.25, 0.3) is 22.0 Å². The Morgan fingerprint density at radius 3 is 2.77 bits per heavy atom. The van der Waals surface area contributed by atoms with Crippen LogP contribution in [0.4, 0.5) is 5.69 Å². The molecule has 3 heterocycles. The summed E-state index contributed by atoms with van der Waals surface area (Å²) in [5.41, 5.74) is 4.09. The number of aromatic amines is 1. The van der Waals surface area contributed by atoms with Gasteiger partial charge >= 0.3 is 0 Å². The zero-order valence-corrected chi connectivity index (χ0v) is 17.3.